The molecule has 0 spiro atoms. The van der Waals surface area contributed by atoms with Crippen molar-refractivity contribution in [1.82, 2.24) is 9.97 Å². The van der Waals surface area contributed by atoms with Gasteiger partial charge in [-0.05, 0) is 82.2 Å². The number of thiophene rings is 4. The lowest BCUT2D eigenvalue weighted by Gasteiger charge is -1.96. The van der Waals surface area contributed by atoms with Gasteiger partial charge < -0.3 is 8.83 Å². The monoisotopic (exact) mass is 674 g/mol. The molecule has 6 heterocycles. The van der Waals surface area contributed by atoms with Crippen molar-refractivity contribution in [3.63, 3.8) is 0 Å². The standard InChI is InChI=1S/C36H16F2N2O2S4/c37-21-15-31(45-33(21)29-13-17-5-1-3-7-27(17)43-29)35-39-23-9-19-12-26-24(10-20(19)11-25(23)41-35)40-36(42-26)32-16-22(38)34(46-32)30-14-18-6-2-4-8-28(18)44-30/h1-16H. The van der Waals surface area contributed by atoms with Crippen molar-refractivity contribution in [3.05, 3.63) is 109 Å². The van der Waals surface area contributed by atoms with E-state index in [4.69, 9.17) is 18.8 Å². The molecule has 10 heteroatoms. The molecule has 0 saturated carbocycles. The van der Waals surface area contributed by atoms with Crippen molar-refractivity contribution in [2.45, 2.75) is 0 Å². The summed E-state index contributed by atoms with van der Waals surface area (Å²) in [6, 6.07) is 30.8. The highest BCUT2D eigenvalue weighted by atomic mass is 32.1. The molecule has 0 unspecified atom stereocenters. The average Bonchev–Trinajstić information content (AvgIpc) is 3.89. The average molecular weight is 675 g/mol. The molecule has 0 aliphatic rings. The van der Waals surface area contributed by atoms with E-state index in [9.17, 15) is 0 Å². The Labute approximate surface area is 274 Å². The van der Waals surface area contributed by atoms with Gasteiger partial charge in [0, 0.05) is 19.2 Å². The largest absolute Gasteiger partial charge is 0.435 e. The van der Waals surface area contributed by atoms with Crippen molar-refractivity contribution in [2.75, 3.05) is 0 Å². The van der Waals surface area contributed by atoms with Crippen molar-refractivity contribution in [2.24, 2.45) is 0 Å². The molecule has 0 fully saturated rings. The number of nitrogens with zero attached hydrogens (tertiary/aromatic N) is 2. The molecular formula is C36H16F2N2O2S4. The molecule has 4 aromatic carbocycles. The molecule has 0 atom stereocenters. The van der Waals surface area contributed by atoms with E-state index in [1.165, 1.54) is 34.8 Å². The smallest absolute Gasteiger partial charge is 0.237 e. The first kappa shape index (κ1) is 26.5. The highest BCUT2D eigenvalue weighted by molar-refractivity contribution is 7.27. The molecule has 0 aliphatic heterocycles. The summed E-state index contributed by atoms with van der Waals surface area (Å²) in [7, 11) is 0. The van der Waals surface area contributed by atoms with Crippen LogP contribution in [0.25, 0.3) is 94.2 Å². The number of aromatic nitrogens is 2. The summed E-state index contributed by atoms with van der Waals surface area (Å²) in [6.45, 7) is 0. The topological polar surface area (TPSA) is 52.1 Å². The minimum atomic E-state index is -0.289. The number of hydrogen-bond acceptors (Lipinski definition) is 8. The second-order valence-electron chi connectivity index (χ2n) is 10.9. The number of benzene rings is 4. The predicted octanol–water partition coefficient (Wildman–Crippen LogP) is 12.6. The molecule has 0 bridgehead atoms. The van der Waals surface area contributed by atoms with Crippen LogP contribution in [0.1, 0.15) is 0 Å². The fraction of sp³-hybridized carbons (Fsp3) is 0. The van der Waals surface area contributed by atoms with Gasteiger partial charge in [-0.2, -0.15) is 0 Å². The minimum Gasteiger partial charge on any atom is -0.435 e. The lowest BCUT2D eigenvalue weighted by molar-refractivity contribution is 0.617. The number of hydrogen-bond donors (Lipinski definition) is 0. The first-order valence-electron chi connectivity index (χ1n) is 14.2. The molecule has 4 nitrogen and oxygen atoms in total. The highest BCUT2D eigenvalue weighted by Crippen LogP contribution is 2.44. The van der Waals surface area contributed by atoms with Crippen LogP contribution in [0.3, 0.4) is 0 Å². The second-order valence-corrected chi connectivity index (χ2v) is 15.2. The van der Waals surface area contributed by atoms with Gasteiger partial charge in [0.2, 0.25) is 11.8 Å². The zero-order valence-electron chi connectivity index (χ0n) is 23.3. The van der Waals surface area contributed by atoms with Gasteiger partial charge in [-0.1, -0.05) is 36.4 Å². The molecule has 0 amide bonds. The van der Waals surface area contributed by atoms with Crippen LogP contribution in [-0.2, 0) is 0 Å². The molecule has 0 N–H and O–H groups in total. The van der Waals surface area contributed by atoms with Gasteiger partial charge >= 0.3 is 0 Å². The molecule has 10 rings (SSSR count). The Hall–Kier alpha value is -4.74. The summed E-state index contributed by atoms with van der Waals surface area (Å²) in [5, 5.41) is 3.98. The van der Waals surface area contributed by atoms with Crippen LogP contribution < -0.4 is 0 Å². The van der Waals surface area contributed by atoms with Gasteiger partial charge in [0.05, 0.1) is 19.5 Å². The van der Waals surface area contributed by atoms with Crippen molar-refractivity contribution >= 4 is 98.5 Å². The summed E-state index contributed by atoms with van der Waals surface area (Å²) < 4.78 is 44.8. The zero-order chi connectivity index (χ0) is 30.5. The maximum Gasteiger partial charge on any atom is 0.237 e. The van der Waals surface area contributed by atoms with E-state index in [1.54, 1.807) is 22.7 Å². The van der Waals surface area contributed by atoms with Gasteiger partial charge in [-0.25, -0.2) is 18.7 Å². The number of oxazole rings is 2. The number of fused-ring (bicyclic) bond motifs is 5. The lowest BCUT2D eigenvalue weighted by Crippen LogP contribution is -1.76. The fourth-order valence-corrected chi connectivity index (χ4v) is 10.0. The summed E-state index contributed by atoms with van der Waals surface area (Å²) >= 11 is 5.81. The van der Waals surface area contributed by atoms with E-state index in [2.05, 4.69) is 0 Å². The summed E-state index contributed by atoms with van der Waals surface area (Å²) in [5.41, 5.74) is 2.51. The van der Waals surface area contributed by atoms with Gasteiger partial charge in [0.15, 0.2) is 11.2 Å². The molecule has 220 valence electrons. The molecule has 0 radical (unpaired) electrons. The van der Waals surface area contributed by atoms with E-state index in [0.717, 1.165) is 40.7 Å². The van der Waals surface area contributed by atoms with E-state index in [1.807, 2.05) is 84.9 Å². The maximum absolute atomic E-state index is 15.1. The Morgan fingerprint density at radius 2 is 0.913 bits per heavy atom. The lowest BCUT2D eigenvalue weighted by atomic mass is 10.1. The predicted molar refractivity (Wildman–Crippen MR) is 187 cm³/mol. The van der Waals surface area contributed by atoms with E-state index in [0.29, 0.717) is 53.5 Å². The fourth-order valence-electron chi connectivity index (χ4n) is 5.78. The SMILES string of the molecule is Fc1cc(-c2nc3cc4cc5oc(-c6cc(F)c(-c7cc8ccccc8s7)s6)nc5cc4cc3o2)sc1-c1cc2ccccc2s1. The van der Waals surface area contributed by atoms with Crippen molar-refractivity contribution in [1.29, 1.82) is 0 Å². The molecular weight excluding hydrogens is 659 g/mol. The quantitative estimate of drug-likeness (QED) is 0.186. The Morgan fingerprint density at radius 3 is 1.37 bits per heavy atom. The third-order valence-electron chi connectivity index (χ3n) is 7.95. The first-order valence-corrected chi connectivity index (χ1v) is 17.5. The van der Waals surface area contributed by atoms with Crippen LogP contribution in [0.15, 0.2) is 106 Å². The molecule has 10 aromatic rings. The third kappa shape index (κ3) is 4.18. The van der Waals surface area contributed by atoms with Crippen LogP contribution in [0.2, 0.25) is 0 Å². The molecule has 46 heavy (non-hydrogen) atoms. The second kappa shape index (κ2) is 9.88. The number of halogens is 2. The van der Waals surface area contributed by atoms with Crippen LogP contribution in [0.5, 0.6) is 0 Å². The molecule has 6 aromatic heterocycles. The normalized spacial score (nSPS) is 12.1. The van der Waals surface area contributed by atoms with Gasteiger partial charge in [-0.15, -0.1) is 45.3 Å². The van der Waals surface area contributed by atoms with Gasteiger partial charge in [0.25, 0.3) is 0 Å². The van der Waals surface area contributed by atoms with E-state index < -0.39 is 0 Å². The molecule has 0 saturated heterocycles. The minimum absolute atomic E-state index is 0.289. The Balaban J connectivity index is 0.999. The Morgan fingerprint density at radius 1 is 0.457 bits per heavy atom. The Kier molecular flexibility index (Phi) is 5.69. The van der Waals surface area contributed by atoms with Crippen molar-refractivity contribution < 1.29 is 17.6 Å². The van der Waals surface area contributed by atoms with E-state index >= 15 is 8.78 Å². The molecule has 0 aliphatic carbocycles. The van der Waals surface area contributed by atoms with Crippen LogP contribution in [0, 0.1) is 11.6 Å². The van der Waals surface area contributed by atoms with Gasteiger partial charge in [0.1, 0.15) is 22.7 Å². The van der Waals surface area contributed by atoms with Crippen LogP contribution in [-0.4, -0.2) is 9.97 Å². The first-order chi connectivity index (χ1) is 22.5. The van der Waals surface area contributed by atoms with Crippen LogP contribution >= 0.6 is 45.3 Å². The zero-order valence-corrected chi connectivity index (χ0v) is 26.6. The highest BCUT2D eigenvalue weighted by Gasteiger charge is 2.21. The summed E-state index contributed by atoms with van der Waals surface area (Å²) in [6.07, 6.45) is 0. The van der Waals surface area contributed by atoms with Gasteiger partial charge in [-0.3, -0.25) is 0 Å². The summed E-state index contributed by atoms with van der Waals surface area (Å²) in [4.78, 5) is 13.6. The summed E-state index contributed by atoms with van der Waals surface area (Å²) in [5.74, 6) is 0.171. The van der Waals surface area contributed by atoms with Crippen LogP contribution in [0.4, 0.5) is 8.78 Å². The number of rotatable bonds is 4. The maximum atomic E-state index is 15.1. The van der Waals surface area contributed by atoms with Crippen molar-refractivity contribution in [3.8, 4) is 41.0 Å². The third-order valence-corrected chi connectivity index (χ3v) is 12.7. The Bertz CT molecular complexity index is 2490. The van der Waals surface area contributed by atoms with E-state index in [-0.39, 0.29) is 11.6 Å².